The molecule has 1 amide bonds. The number of anilines is 1. The summed E-state index contributed by atoms with van der Waals surface area (Å²) in [6.45, 7) is 3.72. The maximum atomic E-state index is 12.4. The molecule has 3 rings (SSSR count). The van der Waals surface area contributed by atoms with Crippen LogP contribution in [0, 0.1) is 6.92 Å². The molecule has 3 nitrogen and oxygen atoms in total. The first-order valence-corrected chi connectivity index (χ1v) is 7.42. The van der Waals surface area contributed by atoms with Gasteiger partial charge in [-0.3, -0.25) is 4.79 Å². The highest BCUT2D eigenvalue weighted by molar-refractivity contribution is 6.31. The van der Waals surface area contributed by atoms with Crippen LogP contribution in [0.2, 0.25) is 5.02 Å². The van der Waals surface area contributed by atoms with Crippen molar-refractivity contribution in [3.63, 3.8) is 0 Å². The number of amides is 1. The summed E-state index contributed by atoms with van der Waals surface area (Å²) in [5, 5.41) is 6.96. The lowest BCUT2D eigenvalue weighted by atomic mass is 9.99. The molecule has 2 aromatic carbocycles. The molecular formula is C17H17ClN2O. The second-order valence-corrected chi connectivity index (χ2v) is 5.70. The Balaban J connectivity index is 1.86. The normalized spacial score (nSPS) is 13.6. The molecule has 0 spiro atoms. The first-order valence-electron chi connectivity index (χ1n) is 7.04. The highest BCUT2D eigenvalue weighted by Gasteiger charge is 2.15. The molecule has 0 radical (unpaired) electrons. The third-order valence-electron chi connectivity index (χ3n) is 3.82. The van der Waals surface area contributed by atoms with Crippen molar-refractivity contribution < 1.29 is 4.79 Å². The number of rotatable bonds is 2. The Kier molecular flexibility index (Phi) is 3.95. The number of benzene rings is 2. The van der Waals surface area contributed by atoms with E-state index < -0.39 is 0 Å². The lowest BCUT2D eigenvalue weighted by molar-refractivity contribution is 0.102. The van der Waals surface area contributed by atoms with Gasteiger partial charge in [0.25, 0.3) is 5.91 Å². The van der Waals surface area contributed by atoms with E-state index in [1.165, 1.54) is 11.1 Å². The summed E-state index contributed by atoms with van der Waals surface area (Å²) in [7, 11) is 0. The van der Waals surface area contributed by atoms with Crippen molar-refractivity contribution in [3.05, 3.63) is 63.7 Å². The van der Waals surface area contributed by atoms with E-state index >= 15 is 0 Å². The first kappa shape index (κ1) is 14.1. The Hall–Kier alpha value is -1.84. The van der Waals surface area contributed by atoms with Crippen molar-refractivity contribution in [3.8, 4) is 0 Å². The molecule has 2 N–H and O–H groups in total. The van der Waals surface area contributed by atoms with Gasteiger partial charge in [-0.2, -0.15) is 0 Å². The number of hydrogen-bond acceptors (Lipinski definition) is 2. The van der Waals surface area contributed by atoms with E-state index in [9.17, 15) is 4.79 Å². The Labute approximate surface area is 129 Å². The molecule has 0 saturated carbocycles. The molecule has 2 aromatic rings. The number of carbonyl (C=O) groups excluding carboxylic acids is 1. The van der Waals surface area contributed by atoms with Crippen molar-refractivity contribution in [2.45, 2.75) is 19.9 Å². The van der Waals surface area contributed by atoms with Gasteiger partial charge in [0.1, 0.15) is 0 Å². The summed E-state index contributed by atoms with van der Waals surface area (Å²) in [6.07, 6.45) is 0.931. The zero-order valence-electron chi connectivity index (χ0n) is 11.9. The molecule has 1 aliphatic heterocycles. The van der Waals surface area contributed by atoms with Gasteiger partial charge < -0.3 is 10.6 Å². The van der Waals surface area contributed by atoms with Gasteiger partial charge in [0.15, 0.2) is 0 Å². The van der Waals surface area contributed by atoms with Gasteiger partial charge in [-0.15, -0.1) is 0 Å². The van der Waals surface area contributed by atoms with Crippen LogP contribution in [-0.2, 0) is 13.0 Å². The van der Waals surface area contributed by atoms with E-state index in [2.05, 4.69) is 16.7 Å². The summed E-state index contributed by atoms with van der Waals surface area (Å²) in [5.41, 5.74) is 4.92. The Morgan fingerprint density at radius 3 is 2.95 bits per heavy atom. The van der Waals surface area contributed by atoms with Gasteiger partial charge >= 0.3 is 0 Å². The summed E-state index contributed by atoms with van der Waals surface area (Å²) in [4.78, 5) is 12.4. The van der Waals surface area contributed by atoms with Gasteiger partial charge in [-0.25, -0.2) is 0 Å². The van der Waals surface area contributed by atoms with Crippen molar-refractivity contribution in [1.29, 1.82) is 0 Å². The van der Waals surface area contributed by atoms with Gasteiger partial charge in [0.05, 0.1) is 0 Å². The lowest BCUT2D eigenvalue weighted by Gasteiger charge is -2.20. The maximum absolute atomic E-state index is 12.4. The Bertz CT molecular complexity index is 697. The monoisotopic (exact) mass is 300 g/mol. The van der Waals surface area contributed by atoms with Gasteiger partial charge in [0, 0.05) is 22.8 Å². The molecule has 0 bridgehead atoms. The van der Waals surface area contributed by atoms with Crippen molar-refractivity contribution >= 4 is 23.2 Å². The summed E-state index contributed by atoms with van der Waals surface area (Å²) < 4.78 is 0. The van der Waals surface area contributed by atoms with E-state index in [1.54, 1.807) is 12.1 Å². The van der Waals surface area contributed by atoms with Crippen LogP contribution in [0.5, 0.6) is 0 Å². The second kappa shape index (κ2) is 5.88. The molecule has 21 heavy (non-hydrogen) atoms. The topological polar surface area (TPSA) is 41.1 Å². The lowest BCUT2D eigenvalue weighted by Crippen LogP contribution is -2.25. The minimum Gasteiger partial charge on any atom is -0.322 e. The van der Waals surface area contributed by atoms with Crippen molar-refractivity contribution in [1.82, 2.24) is 5.32 Å². The quantitative estimate of drug-likeness (QED) is 0.890. The average Bonchev–Trinajstić information content (AvgIpc) is 2.50. The van der Waals surface area contributed by atoms with Crippen LogP contribution in [0.4, 0.5) is 5.69 Å². The fourth-order valence-corrected chi connectivity index (χ4v) is 2.76. The van der Waals surface area contributed by atoms with Crippen LogP contribution in [0.1, 0.15) is 27.0 Å². The molecule has 1 aliphatic rings. The average molecular weight is 301 g/mol. The number of hydrogen-bond donors (Lipinski definition) is 2. The van der Waals surface area contributed by atoms with Crippen LogP contribution in [-0.4, -0.2) is 12.5 Å². The smallest absolute Gasteiger partial charge is 0.255 e. The molecule has 0 unspecified atom stereocenters. The summed E-state index contributed by atoms with van der Waals surface area (Å²) in [5.74, 6) is -0.121. The zero-order chi connectivity index (χ0) is 14.8. The maximum Gasteiger partial charge on any atom is 0.255 e. The molecule has 0 atom stereocenters. The molecule has 0 aliphatic carbocycles. The highest BCUT2D eigenvalue weighted by atomic mass is 35.5. The van der Waals surface area contributed by atoms with Gasteiger partial charge in [-0.1, -0.05) is 29.8 Å². The zero-order valence-corrected chi connectivity index (χ0v) is 12.6. The van der Waals surface area contributed by atoms with E-state index in [0.717, 1.165) is 30.8 Å². The van der Waals surface area contributed by atoms with Crippen LogP contribution in [0.15, 0.2) is 36.4 Å². The third kappa shape index (κ3) is 2.94. The fourth-order valence-electron chi connectivity index (χ4n) is 2.58. The van der Waals surface area contributed by atoms with Crippen LogP contribution < -0.4 is 10.6 Å². The van der Waals surface area contributed by atoms with Crippen LogP contribution >= 0.6 is 11.6 Å². The molecule has 1 heterocycles. The number of nitrogens with one attached hydrogen (secondary N) is 2. The second-order valence-electron chi connectivity index (χ2n) is 5.29. The van der Waals surface area contributed by atoms with Crippen molar-refractivity contribution in [2.24, 2.45) is 0 Å². The van der Waals surface area contributed by atoms with E-state index in [1.807, 2.05) is 25.1 Å². The Morgan fingerprint density at radius 1 is 1.29 bits per heavy atom. The standard InChI is InChI=1S/C17H17ClN2O/c1-11-5-6-12(9-15(11)18)17(21)20-16-4-2-3-13-10-19-8-7-14(13)16/h2-6,9,19H,7-8,10H2,1H3,(H,20,21). The molecule has 108 valence electrons. The molecule has 0 saturated heterocycles. The number of aryl methyl sites for hydroxylation is 1. The van der Waals surface area contributed by atoms with E-state index in [4.69, 9.17) is 11.6 Å². The SMILES string of the molecule is Cc1ccc(C(=O)Nc2cccc3c2CCNC3)cc1Cl. The van der Waals surface area contributed by atoms with Crippen LogP contribution in [0.3, 0.4) is 0 Å². The summed E-state index contributed by atoms with van der Waals surface area (Å²) in [6, 6.07) is 11.4. The van der Waals surface area contributed by atoms with E-state index in [-0.39, 0.29) is 5.91 Å². The van der Waals surface area contributed by atoms with Gasteiger partial charge in [0.2, 0.25) is 0 Å². The fraction of sp³-hybridized carbons (Fsp3) is 0.235. The third-order valence-corrected chi connectivity index (χ3v) is 4.23. The van der Waals surface area contributed by atoms with Crippen LogP contribution in [0.25, 0.3) is 0 Å². The minimum absolute atomic E-state index is 0.121. The Morgan fingerprint density at radius 2 is 2.14 bits per heavy atom. The van der Waals surface area contributed by atoms with Gasteiger partial charge in [-0.05, 0) is 54.8 Å². The summed E-state index contributed by atoms with van der Waals surface area (Å²) >= 11 is 6.09. The largest absolute Gasteiger partial charge is 0.322 e. The number of carbonyl (C=O) groups is 1. The first-order chi connectivity index (χ1) is 10.1. The van der Waals surface area contributed by atoms with Crippen molar-refractivity contribution in [2.75, 3.05) is 11.9 Å². The van der Waals surface area contributed by atoms with E-state index in [0.29, 0.717) is 10.6 Å². The number of fused-ring (bicyclic) bond motifs is 1. The molecular weight excluding hydrogens is 284 g/mol. The minimum atomic E-state index is -0.121. The molecule has 4 heteroatoms. The predicted octanol–water partition coefficient (Wildman–Crippen LogP) is 3.55. The molecule has 0 aromatic heterocycles. The highest BCUT2D eigenvalue weighted by Crippen LogP contribution is 2.24. The molecule has 0 fully saturated rings. The predicted molar refractivity (Wildman–Crippen MR) is 86.0 cm³/mol. The number of halogens is 1.